The first-order valence-electron chi connectivity index (χ1n) is 7.78. The molecule has 0 atom stereocenters. The summed E-state index contributed by atoms with van der Waals surface area (Å²) in [5, 5.41) is 3.35. The molecule has 0 spiro atoms. The van der Waals surface area contributed by atoms with Crippen LogP contribution in [0.5, 0.6) is 11.5 Å². The van der Waals surface area contributed by atoms with Crippen molar-refractivity contribution in [1.29, 1.82) is 0 Å². The number of rotatable bonds is 8. The van der Waals surface area contributed by atoms with Crippen LogP contribution in [-0.4, -0.2) is 18.3 Å². The van der Waals surface area contributed by atoms with Gasteiger partial charge in [-0.2, -0.15) is 8.78 Å². The Morgan fingerprint density at radius 2 is 1.65 bits per heavy atom. The van der Waals surface area contributed by atoms with Crippen molar-refractivity contribution >= 4 is 28.7 Å². The molecule has 0 fully saturated rings. The average molecular weight is 379 g/mol. The highest BCUT2D eigenvalue weighted by Crippen LogP contribution is 2.18. The van der Waals surface area contributed by atoms with Crippen molar-refractivity contribution in [2.75, 3.05) is 11.9 Å². The summed E-state index contributed by atoms with van der Waals surface area (Å²) in [6.45, 7) is 3.53. The first kappa shape index (κ1) is 19.5. The van der Waals surface area contributed by atoms with Crippen LogP contribution in [0.2, 0.25) is 0 Å². The topological polar surface area (TPSA) is 54.5 Å². The van der Waals surface area contributed by atoms with Gasteiger partial charge in [-0.3, -0.25) is 10.9 Å². The quantitative estimate of drug-likeness (QED) is 0.473. The normalized spacial score (nSPS) is 10.2. The Bertz CT molecular complexity index is 737. The van der Waals surface area contributed by atoms with E-state index in [-0.39, 0.29) is 5.75 Å². The third-order valence-electron chi connectivity index (χ3n) is 3.18. The van der Waals surface area contributed by atoms with Crippen LogP contribution in [0.4, 0.5) is 14.5 Å². The number of nitrogens with one attached hydrogen (secondary N) is 3. The van der Waals surface area contributed by atoms with Gasteiger partial charge >= 0.3 is 6.61 Å². The third-order valence-corrected chi connectivity index (χ3v) is 3.38. The predicted molar refractivity (Wildman–Crippen MR) is 102 cm³/mol. The van der Waals surface area contributed by atoms with Crippen LogP contribution in [0.3, 0.4) is 0 Å². The number of thiocarbonyl (C=S) groups is 1. The van der Waals surface area contributed by atoms with E-state index in [1.165, 1.54) is 12.1 Å². The summed E-state index contributed by atoms with van der Waals surface area (Å²) in [5.41, 5.74) is 7.67. The van der Waals surface area contributed by atoms with Gasteiger partial charge < -0.3 is 14.8 Å². The SMILES string of the molecule is C=C(NNC(=S)Nc1ccc(OCC)cc1)c1ccc(OC(F)F)cc1. The zero-order valence-corrected chi connectivity index (χ0v) is 14.9. The first-order valence-corrected chi connectivity index (χ1v) is 8.18. The van der Waals surface area contributed by atoms with Gasteiger partial charge in [0.2, 0.25) is 0 Å². The van der Waals surface area contributed by atoms with E-state index in [4.69, 9.17) is 17.0 Å². The number of benzene rings is 2. The van der Waals surface area contributed by atoms with Crippen LogP contribution >= 0.6 is 12.2 Å². The summed E-state index contributed by atoms with van der Waals surface area (Å²) < 4.78 is 33.9. The van der Waals surface area contributed by atoms with Crippen LogP contribution in [0.25, 0.3) is 5.70 Å². The molecule has 0 amide bonds. The number of ether oxygens (including phenoxy) is 2. The highest BCUT2D eigenvalue weighted by atomic mass is 32.1. The van der Waals surface area contributed by atoms with Crippen molar-refractivity contribution < 1.29 is 18.3 Å². The Labute approximate surface area is 156 Å². The number of hydrogen-bond donors (Lipinski definition) is 3. The molecule has 3 N–H and O–H groups in total. The highest BCUT2D eigenvalue weighted by molar-refractivity contribution is 7.80. The summed E-state index contributed by atoms with van der Waals surface area (Å²) in [7, 11) is 0. The summed E-state index contributed by atoms with van der Waals surface area (Å²) >= 11 is 5.20. The van der Waals surface area contributed by atoms with Crippen LogP contribution in [0.1, 0.15) is 12.5 Å². The number of alkyl halides is 2. The molecule has 5 nitrogen and oxygen atoms in total. The molecule has 0 aliphatic rings. The summed E-state index contributed by atoms with van der Waals surface area (Å²) in [6, 6.07) is 13.4. The summed E-state index contributed by atoms with van der Waals surface area (Å²) in [4.78, 5) is 0. The largest absolute Gasteiger partial charge is 0.494 e. The Morgan fingerprint density at radius 3 is 2.23 bits per heavy atom. The van der Waals surface area contributed by atoms with Crippen LogP contribution in [-0.2, 0) is 0 Å². The van der Waals surface area contributed by atoms with E-state index < -0.39 is 6.61 Å². The smallest absolute Gasteiger partial charge is 0.387 e. The average Bonchev–Trinajstić information content (AvgIpc) is 2.62. The minimum absolute atomic E-state index is 0.0807. The van der Waals surface area contributed by atoms with Crippen molar-refractivity contribution in [1.82, 2.24) is 10.9 Å². The molecule has 0 radical (unpaired) electrons. The highest BCUT2D eigenvalue weighted by Gasteiger charge is 2.05. The second kappa shape index (κ2) is 9.57. The number of hydrogen-bond acceptors (Lipinski definition) is 4. The van der Waals surface area contributed by atoms with Gasteiger partial charge in [-0.15, -0.1) is 0 Å². The van der Waals surface area contributed by atoms with Gasteiger partial charge in [0.25, 0.3) is 0 Å². The summed E-state index contributed by atoms with van der Waals surface area (Å²) in [6.07, 6.45) is 0. The maximum Gasteiger partial charge on any atom is 0.387 e. The van der Waals surface area contributed by atoms with Gasteiger partial charge in [0.05, 0.1) is 12.3 Å². The number of hydrazine groups is 1. The first-order chi connectivity index (χ1) is 12.5. The molecule has 0 saturated carbocycles. The van der Waals surface area contributed by atoms with Gasteiger partial charge in [0, 0.05) is 5.69 Å². The molecular formula is C18H19F2N3O2S. The molecule has 0 unspecified atom stereocenters. The lowest BCUT2D eigenvalue weighted by molar-refractivity contribution is -0.0498. The van der Waals surface area contributed by atoms with Crippen molar-refractivity contribution in [2.45, 2.75) is 13.5 Å². The van der Waals surface area contributed by atoms with Gasteiger partial charge in [0.1, 0.15) is 11.5 Å². The second-order valence-electron chi connectivity index (χ2n) is 5.04. The van der Waals surface area contributed by atoms with Crippen molar-refractivity contribution in [3.63, 3.8) is 0 Å². The van der Waals surface area contributed by atoms with Crippen molar-refractivity contribution in [3.05, 3.63) is 60.7 Å². The van der Waals surface area contributed by atoms with Gasteiger partial charge in [-0.25, -0.2) is 0 Å². The molecule has 0 heterocycles. The molecule has 138 valence electrons. The lowest BCUT2D eigenvalue weighted by Crippen LogP contribution is -2.38. The molecule has 8 heteroatoms. The molecule has 0 aromatic heterocycles. The molecule has 26 heavy (non-hydrogen) atoms. The van der Waals surface area contributed by atoms with Crippen LogP contribution in [0, 0.1) is 0 Å². The van der Waals surface area contributed by atoms with E-state index >= 15 is 0 Å². The Balaban J connectivity index is 1.81. The van der Waals surface area contributed by atoms with Gasteiger partial charge in [-0.05, 0) is 73.2 Å². The lowest BCUT2D eigenvalue weighted by atomic mass is 10.2. The zero-order chi connectivity index (χ0) is 18.9. The van der Waals surface area contributed by atoms with E-state index in [0.717, 1.165) is 11.4 Å². The van der Waals surface area contributed by atoms with E-state index in [9.17, 15) is 8.78 Å². The molecule has 0 aliphatic carbocycles. The van der Waals surface area contributed by atoms with Crippen LogP contribution in [0.15, 0.2) is 55.1 Å². The molecular weight excluding hydrogens is 360 g/mol. The molecule has 0 bridgehead atoms. The lowest BCUT2D eigenvalue weighted by Gasteiger charge is -2.15. The maximum absolute atomic E-state index is 12.1. The summed E-state index contributed by atoms with van der Waals surface area (Å²) in [5.74, 6) is 0.861. The fourth-order valence-electron chi connectivity index (χ4n) is 2.01. The van der Waals surface area contributed by atoms with Crippen molar-refractivity contribution in [3.8, 4) is 11.5 Å². The van der Waals surface area contributed by atoms with Gasteiger partial charge in [0.15, 0.2) is 5.11 Å². The molecule has 2 rings (SSSR count). The van der Waals surface area contributed by atoms with Crippen molar-refractivity contribution in [2.24, 2.45) is 0 Å². The second-order valence-corrected chi connectivity index (χ2v) is 5.45. The number of halogens is 2. The van der Waals surface area contributed by atoms with E-state index in [1.807, 2.05) is 31.2 Å². The molecule has 0 saturated heterocycles. The Kier molecular flexibility index (Phi) is 7.16. The minimum atomic E-state index is -2.85. The van der Waals surface area contributed by atoms with E-state index in [1.54, 1.807) is 12.1 Å². The Morgan fingerprint density at radius 1 is 1.04 bits per heavy atom. The van der Waals surface area contributed by atoms with Gasteiger partial charge in [-0.1, -0.05) is 6.58 Å². The molecule has 2 aromatic carbocycles. The molecule has 0 aliphatic heterocycles. The zero-order valence-electron chi connectivity index (χ0n) is 14.1. The molecule has 2 aromatic rings. The minimum Gasteiger partial charge on any atom is -0.494 e. The third kappa shape index (κ3) is 6.21. The monoisotopic (exact) mass is 379 g/mol. The van der Waals surface area contributed by atoms with E-state index in [2.05, 4.69) is 27.5 Å². The fourth-order valence-corrected chi connectivity index (χ4v) is 2.17. The number of anilines is 1. The maximum atomic E-state index is 12.1. The standard InChI is InChI=1S/C18H19F2N3O2S/c1-3-24-15-10-6-14(7-11-15)21-18(26)23-22-12(2)13-4-8-16(9-5-13)25-17(19)20/h4-11,17,22H,2-3H2,1H3,(H2,21,23,26). The Hall–Kier alpha value is -2.87. The fraction of sp³-hybridized carbons (Fsp3) is 0.167. The van der Waals surface area contributed by atoms with E-state index in [0.29, 0.717) is 23.0 Å². The predicted octanol–water partition coefficient (Wildman–Crippen LogP) is 4.15. The van der Waals surface area contributed by atoms with Crippen LogP contribution < -0.4 is 25.6 Å².